The highest BCUT2D eigenvalue weighted by atomic mass is 19.1. The second-order valence-corrected chi connectivity index (χ2v) is 3.69. The summed E-state index contributed by atoms with van der Waals surface area (Å²) in [5, 5.41) is 18.1. The third kappa shape index (κ3) is 1.83. The summed E-state index contributed by atoms with van der Waals surface area (Å²) in [5.41, 5.74) is -0.397. The van der Waals surface area contributed by atoms with Crippen molar-refractivity contribution < 1.29 is 19.4 Å². The Morgan fingerprint density at radius 2 is 2.38 bits per heavy atom. The second-order valence-electron chi connectivity index (χ2n) is 3.69. The monoisotopic (exact) mass is 226 g/mol. The van der Waals surface area contributed by atoms with Crippen LogP contribution in [-0.2, 0) is 0 Å². The van der Waals surface area contributed by atoms with Gasteiger partial charge in [-0.15, -0.1) is 0 Å². The zero-order chi connectivity index (χ0) is 11.7. The Morgan fingerprint density at radius 1 is 1.62 bits per heavy atom. The lowest BCUT2D eigenvalue weighted by Crippen LogP contribution is -2.24. The number of aromatic carboxylic acids is 1. The summed E-state index contributed by atoms with van der Waals surface area (Å²) in [5.74, 6) is -2.17. The lowest BCUT2D eigenvalue weighted by molar-refractivity contribution is 0.0692. The molecule has 1 aliphatic heterocycles. The van der Waals surface area contributed by atoms with Gasteiger partial charge in [0.15, 0.2) is 11.6 Å². The maximum atomic E-state index is 13.7. The molecule has 0 saturated carbocycles. The quantitative estimate of drug-likeness (QED) is 0.767. The molecule has 1 unspecified atom stereocenters. The van der Waals surface area contributed by atoms with Gasteiger partial charge in [-0.1, -0.05) is 0 Å². The van der Waals surface area contributed by atoms with Crippen molar-refractivity contribution in [2.24, 2.45) is 0 Å². The van der Waals surface area contributed by atoms with Gasteiger partial charge in [-0.2, -0.15) is 0 Å². The first-order valence-corrected chi connectivity index (χ1v) is 4.90. The Morgan fingerprint density at radius 3 is 2.94 bits per heavy atom. The number of hydrogen-bond acceptors (Lipinski definition) is 4. The lowest BCUT2D eigenvalue weighted by atomic mass is 10.2. The molecule has 0 bridgehead atoms. The van der Waals surface area contributed by atoms with Crippen LogP contribution < -0.4 is 4.90 Å². The van der Waals surface area contributed by atoms with Crippen LogP contribution in [0.25, 0.3) is 0 Å². The van der Waals surface area contributed by atoms with E-state index < -0.39 is 23.5 Å². The number of rotatable bonds is 2. The first kappa shape index (κ1) is 10.8. The van der Waals surface area contributed by atoms with Crippen molar-refractivity contribution in [3.05, 3.63) is 23.6 Å². The van der Waals surface area contributed by atoms with E-state index in [0.717, 1.165) is 6.07 Å². The summed E-state index contributed by atoms with van der Waals surface area (Å²) in [6, 6.07) is 1.12. The van der Waals surface area contributed by atoms with Gasteiger partial charge in [0.1, 0.15) is 5.56 Å². The van der Waals surface area contributed by atoms with Gasteiger partial charge in [0.05, 0.1) is 6.10 Å². The van der Waals surface area contributed by atoms with Crippen molar-refractivity contribution in [1.82, 2.24) is 4.98 Å². The fourth-order valence-corrected chi connectivity index (χ4v) is 1.75. The summed E-state index contributed by atoms with van der Waals surface area (Å²) < 4.78 is 13.7. The van der Waals surface area contributed by atoms with Gasteiger partial charge in [-0.25, -0.2) is 14.2 Å². The van der Waals surface area contributed by atoms with E-state index in [0.29, 0.717) is 13.0 Å². The van der Waals surface area contributed by atoms with Crippen LogP contribution in [0.5, 0.6) is 0 Å². The largest absolute Gasteiger partial charge is 0.478 e. The van der Waals surface area contributed by atoms with Gasteiger partial charge < -0.3 is 15.1 Å². The zero-order valence-electron chi connectivity index (χ0n) is 8.43. The smallest absolute Gasteiger partial charge is 0.338 e. The predicted molar refractivity (Wildman–Crippen MR) is 54.0 cm³/mol. The molecule has 1 aromatic heterocycles. The Balaban J connectivity index is 2.34. The Bertz CT molecular complexity index is 425. The Labute approximate surface area is 91.1 Å². The van der Waals surface area contributed by atoms with Gasteiger partial charge >= 0.3 is 5.97 Å². The molecule has 1 atom stereocenters. The van der Waals surface area contributed by atoms with Crippen LogP contribution in [0, 0.1) is 5.82 Å². The molecule has 0 amide bonds. The molecule has 0 radical (unpaired) electrons. The Hall–Kier alpha value is -1.69. The topological polar surface area (TPSA) is 73.7 Å². The molecule has 2 N–H and O–H groups in total. The van der Waals surface area contributed by atoms with E-state index in [9.17, 15) is 14.3 Å². The van der Waals surface area contributed by atoms with Crippen LogP contribution in [0.1, 0.15) is 16.8 Å². The lowest BCUT2D eigenvalue weighted by Gasteiger charge is -2.17. The molecule has 1 aliphatic rings. The number of halogens is 1. The number of carboxylic acids is 1. The van der Waals surface area contributed by atoms with Crippen LogP contribution in [0.3, 0.4) is 0 Å². The molecular formula is C10H11FN2O3. The van der Waals surface area contributed by atoms with Crippen LogP contribution in [0.4, 0.5) is 10.2 Å². The van der Waals surface area contributed by atoms with Crippen molar-refractivity contribution in [3.63, 3.8) is 0 Å². The average Bonchev–Trinajstić information content (AvgIpc) is 2.64. The molecule has 6 heteroatoms. The van der Waals surface area contributed by atoms with E-state index in [4.69, 9.17) is 5.11 Å². The maximum Gasteiger partial charge on any atom is 0.338 e. The normalized spacial score (nSPS) is 20.1. The number of aliphatic hydroxyl groups excluding tert-OH is 1. The summed E-state index contributed by atoms with van der Waals surface area (Å²) >= 11 is 0. The first-order chi connectivity index (χ1) is 7.59. The van der Waals surface area contributed by atoms with E-state index in [1.54, 1.807) is 4.90 Å². The molecule has 5 nitrogen and oxygen atoms in total. The van der Waals surface area contributed by atoms with Crippen molar-refractivity contribution in [2.45, 2.75) is 12.5 Å². The first-order valence-electron chi connectivity index (χ1n) is 4.90. The molecule has 1 aromatic rings. The van der Waals surface area contributed by atoms with Crippen molar-refractivity contribution >= 4 is 11.8 Å². The number of aliphatic hydroxyl groups is 1. The third-order valence-electron chi connectivity index (χ3n) is 2.56. The van der Waals surface area contributed by atoms with Crippen LogP contribution >= 0.6 is 0 Å². The van der Waals surface area contributed by atoms with Gasteiger partial charge in [-0.05, 0) is 12.5 Å². The van der Waals surface area contributed by atoms with E-state index >= 15 is 0 Å². The zero-order valence-corrected chi connectivity index (χ0v) is 8.43. The second kappa shape index (κ2) is 4.05. The summed E-state index contributed by atoms with van der Waals surface area (Å²) in [6.07, 6.45) is 1.29. The fourth-order valence-electron chi connectivity index (χ4n) is 1.75. The molecule has 1 saturated heterocycles. The number of pyridine rings is 1. The van der Waals surface area contributed by atoms with Gasteiger partial charge in [0.2, 0.25) is 0 Å². The molecule has 16 heavy (non-hydrogen) atoms. The standard InChI is InChI=1S/C10H11FN2O3/c11-8-7(10(15)16)1-3-12-9(8)13-4-2-6(14)5-13/h1,3,6,14H,2,4-5H2,(H,15,16). The fraction of sp³-hybridized carbons (Fsp3) is 0.400. The minimum absolute atomic E-state index is 0.00329. The number of aromatic nitrogens is 1. The number of carboxylic acid groups (broad SMARTS) is 1. The molecular weight excluding hydrogens is 215 g/mol. The van der Waals surface area contributed by atoms with E-state index in [1.165, 1.54) is 6.20 Å². The van der Waals surface area contributed by atoms with Crippen molar-refractivity contribution in [2.75, 3.05) is 18.0 Å². The predicted octanol–water partition coefficient (Wildman–Crippen LogP) is 0.490. The molecule has 2 rings (SSSR count). The van der Waals surface area contributed by atoms with Crippen molar-refractivity contribution in [1.29, 1.82) is 0 Å². The number of hydrogen-bond donors (Lipinski definition) is 2. The highest BCUT2D eigenvalue weighted by Crippen LogP contribution is 2.23. The maximum absolute atomic E-state index is 13.7. The number of carbonyl (C=O) groups is 1. The SMILES string of the molecule is O=C(O)c1ccnc(N2CCC(O)C2)c1F. The molecule has 86 valence electrons. The Kier molecular flexibility index (Phi) is 2.74. The van der Waals surface area contributed by atoms with Crippen molar-refractivity contribution in [3.8, 4) is 0 Å². The number of β-amino-alcohol motifs (C(OH)–C–C–N with tert-alkyl or cyclic N) is 1. The average molecular weight is 226 g/mol. The summed E-state index contributed by atoms with van der Waals surface area (Å²) in [4.78, 5) is 16.1. The van der Waals surface area contributed by atoms with Gasteiger partial charge in [0, 0.05) is 19.3 Å². The van der Waals surface area contributed by atoms with E-state index in [1.807, 2.05) is 0 Å². The van der Waals surface area contributed by atoms with Gasteiger partial charge in [-0.3, -0.25) is 0 Å². The number of nitrogens with zero attached hydrogens (tertiary/aromatic N) is 2. The van der Waals surface area contributed by atoms with Crippen LogP contribution in [-0.4, -0.2) is 40.4 Å². The summed E-state index contributed by atoms with van der Waals surface area (Å²) in [6.45, 7) is 0.765. The molecule has 0 spiro atoms. The van der Waals surface area contributed by atoms with Gasteiger partial charge in [0.25, 0.3) is 0 Å². The molecule has 1 fully saturated rings. The van der Waals surface area contributed by atoms with Crippen LogP contribution in [0.2, 0.25) is 0 Å². The minimum atomic E-state index is -1.32. The minimum Gasteiger partial charge on any atom is -0.478 e. The van der Waals surface area contributed by atoms with Crippen LogP contribution in [0.15, 0.2) is 12.3 Å². The third-order valence-corrected chi connectivity index (χ3v) is 2.56. The molecule has 2 heterocycles. The highest BCUT2D eigenvalue weighted by Gasteiger charge is 2.26. The van der Waals surface area contributed by atoms with E-state index in [2.05, 4.69) is 4.98 Å². The summed E-state index contributed by atoms with van der Waals surface area (Å²) in [7, 11) is 0. The van der Waals surface area contributed by atoms with E-state index in [-0.39, 0.29) is 12.4 Å². The number of anilines is 1. The highest BCUT2D eigenvalue weighted by molar-refractivity contribution is 5.88. The molecule has 0 aliphatic carbocycles. The molecule has 0 aromatic carbocycles.